The van der Waals surface area contributed by atoms with Gasteiger partial charge in [-0.2, -0.15) is 0 Å². The number of hydrogen-bond donors (Lipinski definition) is 2. The molecule has 1 aromatic carbocycles. The van der Waals surface area contributed by atoms with E-state index in [2.05, 4.69) is 72.7 Å². The third-order valence-corrected chi connectivity index (χ3v) is 15.1. The zero-order valence-corrected chi connectivity index (χ0v) is 22.3. The van der Waals surface area contributed by atoms with Crippen LogP contribution in [0.15, 0.2) is 30.3 Å². The summed E-state index contributed by atoms with van der Waals surface area (Å²) in [4.78, 5) is 0.238. The molecule has 0 aliphatic heterocycles. The second-order valence-corrected chi connectivity index (χ2v) is 17.4. The number of hydrogen-bond acceptors (Lipinski definition) is 3. The fourth-order valence-electron chi connectivity index (χ4n) is 4.65. The van der Waals surface area contributed by atoms with Gasteiger partial charge in [-0.25, -0.2) is 0 Å². The predicted molar refractivity (Wildman–Crippen MR) is 129 cm³/mol. The summed E-state index contributed by atoms with van der Waals surface area (Å²) >= 11 is 0.211. The molecule has 0 amide bonds. The number of unbranched alkanes of at least 4 members (excludes halogenated alkanes) is 1. The molecule has 3 nitrogen and oxygen atoms in total. The van der Waals surface area contributed by atoms with Crippen molar-refractivity contribution in [2.45, 2.75) is 108 Å². The Morgan fingerprint density at radius 3 is 1.97 bits per heavy atom. The Labute approximate surface area is 186 Å². The normalized spacial score (nSPS) is 15.9. The average molecular weight is 488 g/mol. The van der Waals surface area contributed by atoms with Crippen LogP contribution in [-0.4, -0.2) is 52.3 Å². The summed E-state index contributed by atoms with van der Waals surface area (Å²) in [5.41, 5.74) is 1.50. The maximum absolute atomic E-state index is 10.9. The van der Waals surface area contributed by atoms with Gasteiger partial charge in [0.15, 0.2) is 0 Å². The number of aliphatic hydroxyl groups excluding tert-OH is 2. The summed E-state index contributed by atoms with van der Waals surface area (Å²) in [6, 6.07) is 10.5. The van der Waals surface area contributed by atoms with Crippen LogP contribution in [0.3, 0.4) is 0 Å². The fraction of sp³-hybridized carbons (Fsp3) is 0.750. The molecule has 29 heavy (non-hydrogen) atoms. The van der Waals surface area contributed by atoms with Crippen molar-refractivity contribution in [3.63, 3.8) is 0 Å². The summed E-state index contributed by atoms with van der Waals surface area (Å²) in [5.74, 6) is 0. The Morgan fingerprint density at radius 2 is 1.48 bits per heavy atom. The van der Waals surface area contributed by atoms with Crippen molar-refractivity contribution in [3.05, 3.63) is 30.3 Å². The van der Waals surface area contributed by atoms with Crippen molar-refractivity contribution in [1.29, 1.82) is 0 Å². The van der Waals surface area contributed by atoms with Gasteiger partial charge in [0.25, 0.3) is 0 Å². The van der Waals surface area contributed by atoms with E-state index < -0.39 is 20.5 Å². The first-order chi connectivity index (χ1) is 13.6. The van der Waals surface area contributed by atoms with Crippen LogP contribution in [-0.2, 0) is 4.43 Å². The molecule has 0 bridgehead atoms. The Hall–Kier alpha value is -0.164. The average Bonchev–Trinajstić information content (AvgIpc) is 2.65. The Balaban J connectivity index is 2.74. The maximum atomic E-state index is 10.9. The quantitative estimate of drug-likeness (QED) is 0.350. The van der Waals surface area contributed by atoms with Gasteiger partial charge >= 0.3 is 187 Å². The molecule has 0 unspecified atom stereocenters. The van der Waals surface area contributed by atoms with Crippen LogP contribution in [0.2, 0.25) is 21.4 Å². The van der Waals surface area contributed by atoms with E-state index in [1.165, 1.54) is 4.46 Å². The second kappa shape index (κ2) is 13.3. The van der Waals surface area contributed by atoms with Crippen molar-refractivity contribution < 1.29 is 14.6 Å². The van der Waals surface area contributed by atoms with Gasteiger partial charge in [-0.15, -0.1) is 0 Å². The zero-order valence-electron chi connectivity index (χ0n) is 19.6. The van der Waals surface area contributed by atoms with E-state index in [1.807, 2.05) is 6.07 Å². The van der Waals surface area contributed by atoms with E-state index in [-0.39, 0.29) is 19.8 Å². The van der Waals surface area contributed by atoms with Gasteiger partial charge in [-0.1, -0.05) is 0 Å². The molecule has 0 saturated heterocycles. The van der Waals surface area contributed by atoms with E-state index in [1.54, 1.807) is 0 Å². The monoisotopic (exact) mass is 488 g/mol. The predicted octanol–water partition coefficient (Wildman–Crippen LogP) is 5.30. The third kappa shape index (κ3) is 8.12. The molecule has 0 aliphatic carbocycles. The molecule has 0 spiro atoms. The van der Waals surface area contributed by atoms with Crippen molar-refractivity contribution in [3.8, 4) is 0 Å². The molecule has 5 heteroatoms. The summed E-state index contributed by atoms with van der Waals surface area (Å²) < 4.78 is 7.86. The first-order valence-corrected chi connectivity index (χ1v) is 15.3. The van der Waals surface area contributed by atoms with E-state index in [0.29, 0.717) is 29.7 Å². The van der Waals surface area contributed by atoms with Crippen molar-refractivity contribution in [2.75, 3.05) is 6.61 Å². The van der Waals surface area contributed by atoms with Crippen LogP contribution >= 0.6 is 0 Å². The Bertz CT molecular complexity index is 529. The summed E-state index contributed by atoms with van der Waals surface area (Å²) in [5, 5.41) is 21.6. The number of aliphatic hydroxyl groups is 2. The molecule has 0 radical (unpaired) electrons. The Kier molecular flexibility index (Phi) is 12.3. The molecular weight excluding hydrogens is 443 g/mol. The van der Waals surface area contributed by atoms with Crippen LogP contribution in [0.4, 0.5) is 0 Å². The van der Waals surface area contributed by atoms with Crippen LogP contribution in [0.1, 0.15) is 74.1 Å². The topological polar surface area (TPSA) is 49.7 Å². The standard InChI is InChI=1S/C24H44O3SeSi/c1-8-9-15-24(28-22-13-11-10-12-14-22)23(26)16-21(25)17-27-29(18(2)3,19(4)5)20(6)7/h10-14,18-21,23-26H,8-9,15-17H2,1-7H3/t21-,23+,24+/m1/s1. The molecule has 3 atom stereocenters. The van der Waals surface area contributed by atoms with E-state index >= 15 is 0 Å². The van der Waals surface area contributed by atoms with Crippen LogP contribution < -0.4 is 4.46 Å². The van der Waals surface area contributed by atoms with Gasteiger partial charge in [0.2, 0.25) is 0 Å². The Morgan fingerprint density at radius 1 is 0.931 bits per heavy atom. The van der Waals surface area contributed by atoms with E-state index in [9.17, 15) is 10.2 Å². The number of benzene rings is 1. The van der Waals surface area contributed by atoms with Crippen LogP contribution in [0.25, 0.3) is 0 Å². The first kappa shape index (κ1) is 26.9. The molecule has 0 saturated carbocycles. The second-order valence-electron chi connectivity index (χ2n) is 9.20. The SMILES string of the molecule is CCCC[C@H]([Se]c1ccccc1)[C@@H](O)C[C@@H](O)CO[Si](C(C)C)(C(C)C)C(C)C. The molecule has 0 aliphatic rings. The molecule has 1 rings (SSSR count). The van der Waals surface area contributed by atoms with E-state index in [4.69, 9.17) is 4.43 Å². The number of rotatable bonds is 14. The van der Waals surface area contributed by atoms with Crippen molar-refractivity contribution >= 4 is 27.7 Å². The minimum absolute atomic E-state index is 0.211. The van der Waals surface area contributed by atoms with Gasteiger partial charge in [-0.05, 0) is 0 Å². The first-order valence-electron chi connectivity index (χ1n) is 11.4. The van der Waals surface area contributed by atoms with Crippen molar-refractivity contribution in [2.24, 2.45) is 0 Å². The van der Waals surface area contributed by atoms with Gasteiger partial charge in [0, 0.05) is 0 Å². The molecule has 0 fully saturated rings. The van der Waals surface area contributed by atoms with Crippen LogP contribution in [0, 0.1) is 0 Å². The fourth-order valence-corrected chi connectivity index (χ4v) is 12.7. The molecule has 1 aromatic rings. The minimum atomic E-state index is -1.99. The van der Waals surface area contributed by atoms with Gasteiger partial charge in [0.05, 0.1) is 0 Å². The zero-order chi connectivity index (χ0) is 22.0. The molecule has 168 valence electrons. The molecule has 2 N–H and O–H groups in total. The summed E-state index contributed by atoms with van der Waals surface area (Å²) in [6.45, 7) is 16.1. The van der Waals surface area contributed by atoms with E-state index in [0.717, 1.165) is 19.3 Å². The van der Waals surface area contributed by atoms with Gasteiger partial charge in [-0.3, -0.25) is 0 Å². The molecular formula is C24H44O3SeSi. The van der Waals surface area contributed by atoms with Crippen LogP contribution in [0.5, 0.6) is 0 Å². The summed E-state index contributed by atoms with van der Waals surface area (Å²) in [7, 11) is -1.99. The van der Waals surface area contributed by atoms with Crippen molar-refractivity contribution in [1.82, 2.24) is 0 Å². The van der Waals surface area contributed by atoms with Gasteiger partial charge in [0.1, 0.15) is 0 Å². The van der Waals surface area contributed by atoms with Gasteiger partial charge < -0.3 is 0 Å². The third-order valence-electron chi connectivity index (χ3n) is 6.05. The molecule has 0 heterocycles. The summed E-state index contributed by atoms with van der Waals surface area (Å²) in [6.07, 6.45) is 2.58. The molecule has 0 aromatic heterocycles.